The molecule has 1 aliphatic carbocycles. The Labute approximate surface area is 116 Å². The summed E-state index contributed by atoms with van der Waals surface area (Å²) in [7, 11) is 1.82. The Balaban J connectivity index is 1.98. The normalized spacial score (nSPS) is 19.2. The van der Waals surface area contributed by atoms with E-state index in [1.54, 1.807) is 0 Å². The minimum absolute atomic E-state index is 0.0596. The summed E-state index contributed by atoms with van der Waals surface area (Å²) in [6.45, 7) is 5.18. The Morgan fingerprint density at radius 3 is 2.68 bits per heavy atom. The van der Waals surface area contributed by atoms with Crippen LogP contribution < -0.4 is 5.73 Å². The summed E-state index contributed by atoms with van der Waals surface area (Å²) in [6, 6.07) is 2.36. The molecule has 0 aliphatic heterocycles. The molecule has 0 bridgehead atoms. The van der Waals surface area contributed by atoms with Crippen molar-refractivity contribution < 1.29 is 4.74 Å². The monoisotopic (exact) mass is 265 g/mol. The summed E-state index contributed by atoms with van der Waals surface area (Å²) in [5.74, 6) is 0. The average molecular weight is 265 g/mol. The highest BCUT2D eigenvalue weighted by Gasteiger charge is 2.38. The molecule has 1 heterocycles. The molecule has 0 aromatic carbocycles. The summed E-state index contributed by atoms with van der Waals surface area (Å²) >= 11 is 0. The molecule has 108 valence electrons. The molecule has 4 nitrogen and oxygen atoms in total. The van der Waals surface area contributed by atoms with Gasteiger partial charge in [0, 0.05) is 31.8 Å². The maximum atomic E-state index is 6.33. The Morgan fingerprint density at radius 2 is 2.21 bits per heavy atom. The minimum atomic E-state index is 0.0596. The molecule has 1 saturated carbocycles. The van der Waals surface area contributed by atoms with Gasteiger partial charge in [0.1, 0.15) is 0 Å². The van der Waals surface area contributed by atoms with Crippen LogP contribution in [0.25, 0.3) is 0 Å². The topological polar surface area (TPSA) is 53.1 Å². The van der Waals surface area contributed by atoms with E-state index in [1.165, 1.54) is 12.1 Å². The highest BCUT2D eigenvalue weighted by molar-refractivity contribution is 5.12. The Kier molecular flexibility index (Phi) is 4.63. The number of hydrogen-bond acceptors (Lipinski definition) is 3. The van der Waals surface area contributed by atoms with E-state index in [0.717, 1.165) is 44.3 Å². The predicted octanol–water partition coefficient (Wildman–Crippen LogP) is 2.29. The molecule has 1 aliphatic rings. The smallest absolute Gasteiger partial charge is 0.0693 e. The van der Waals surface area contributed by atoms with Crippen molar-refractivity contribution in [1.29, 1.82) is 0 Å². The van der Waals surface area contributed by atoms with E-state index in [2.05, 4.69) is 29.7 Å². The van der Waals surface area contributed by atoms with Crippen LogP contribution in [0.15, 0.2) is 6.07 Å². The van der Waals surface area contributed by atoms with Gasteiger partial charge in [-0.25, -0.2) is 0 Å². The molecule has 1 fully saturated rings. The van der Waals surface area contributed by atoms with Crippen LogP contribution in [0.3, 0.4) is 0 Å². The molecule has 2 rings (SSSR count). The third-order valence-electron chi connectivity index (χ3n) is 4.38. The number of ether oxygens (including phenoxy) is 1. The first-order valence-corrected chi connectivity index (χ1v) is 7.48. The van der Waals surface area contributed by atoms with Gasteiger partial charge in [-0.05, 0) is 45.1 Å². The molecule has 1 aromatic rings. The summed E-state index contributed by atoms with van der Waals surface area (Å²) in [5.41, 5.74) is 8.81. The van der Waals surface area contributed by atoms with Crippen LogP contribution in [0.4, 0.5) is 0 Å². The lowest BCUT2D eigenvalue weighted by Gasteiger charge is -2.42. The number of aryl methyl sites for hydroxylation is 2. The molecule has 1 unspecified atom stereocenters. The lowest BCUT2D eigenvalue weighted by Crippen LogP contribution is -2.45. The summed E-state index contributed by atoms with van der Waals surface area (Å²) in [4.78, 5) is 0. The summed E-state index contributed by atoms with van der Waals surface area (Å²) in [5, 5.41) is 4.58. The van der Waals surface area contributed by atoms with Crippen molar-refractivity contribution in [2.75, 3.05) is 7.11 Å². The zero-order valence-corrected chi connectivity index (χ0v) is 12.5. The molecule has 1 atom stereocenters. The number of nitrogens with two attached hydrogens (primary N) is 1. The minimum Gasteiger partial charge on any atom is -0.378 e. The van der Waals surface area contributed by atoms with Crippen molar-refractivity contribution in [3.63, 3.8) is 0 Å². The first kappa shape index (κ1) is 14.5. The van der Waals surface area contributed by atoms with Crippen molar-refractivity contribution in [2.24, 2.45) is 5.73 Å². The second-order valence-electron chi connectivity index (χ2n) is 5.71. The first-order valence-electron chi connectivity index (χ1n) is 7.48. The van der Waals surface area contributed by atoms with E-state index in [4.69, 9.17) is 10.5 Å². The van der Waals surface area contributed by atoms with Crippen LogP contribution in [0, 0.1) is 0 Å². The fourth-order valence-electron chi connectivity index (χ4n) is 3.01. The fourth-order valence-corrected chi connectivity index (χ4v) is 3.01. The Morgan fingerprint density at radius 1 is 1.47 bits per heavy atom. The van der Waals surface area contributed by atoms with E-state index >= 15 is 0 Å². The Bertz CT molecular complexity index is 404. The van der Waals surface area contributed by atoms with Crippen LogP contribution in [-0.2, 0) is 24.1 Å². The van der Waals surface area contributed by atoms with Gasteiger partial charge in [0.25, 0.3) is 0 Å². The van der Waals surface area contributed by atoms with Gasteiger partial charge in [0.2, 0.25) is 0 Å². The zero-order valence-electron chi connectivity index (χ0n) is 12.5. The van der Waals surface area contributed by atoms with Gasteiger partial charge in [-0.15, -0.1) is 0 Å². The van der Waals surface area contributed by atoms with E-state index in [9.17, 15) is 0 Å². The quantitative estimate of drug-likeness (QED) is 0.823. The van der Waals surface area contributed by atoms with Gasteiger partial charge in [0.05, 0.1) is 11.3 Å². The molecule has 19 heavy (non-hydrogen) atoms. The first-order chi connectivity index (χ1) is 9.12. The van der Waals surface area contributed by atoms with Crippen LogP contribution in [0.1, 0.15) is 50.9 Å². The number of nitrogens with zero attached hydrogens (tertiary/aromatic N) is 2. The second kappa shape index (κ2) is 6.06. The van der Waals surface area contributed by atoms with Crippen LogP contribution >= 0.6 is 0 Å². The predicted molar refractivity (Wildman–Crippen MR) is 77.2 cm³/mol. The second-order valence-corrected chi connectivity index (χ2v) is 5.71. The molecule has 0 saturated heterocycles. The largest absolute Gasteiger partial charge is 0.378 e. The van der Waals surface area contributed by atoms with Crippen LogP contribution in [0.5, 0.6) is 0 Å². The Hall–Kier alpha value is -0.870. The molecule has 0 radical (unpaired) electrons. The third kappa shape index (κ3) is 3.18. The van der Waals surface area contributed by atoms with Gasteiger partial charge in [-0.1, -0.05) is 6.92 Å². The van der Waals surface area contributed by atoms with E-state index in [0.29, 0.717) is 0 Å². The van der Waals surface area contributed by atoms with Crippen LogP contribution in [-0.4, -0.2) is 28.5 Å². The maximum absolute atomic E-state index is 6.33. The van der Waals surface area contributed by atoms with E-state index < -0.39 is 0 Å². The van der Waals surface area contributed by atoms with Crippen molar-refractivity contribution in [3.05, 3.63) is 17.5 Å². The lowest BCUT2D eigenvalue weighted by molar-refractivity contribution is -0.0814. The number of rotatable bonds is 7. The van der Waals surface area contributed by atoms with Gasteiger partial charge in [0.15, 0.2) is 0 Å². The van der Waals surface area contributed by atoms with E-state index in [-0.39, 0.29) is 11.6 Å². The standard InChI is InChI=1S/C15H27N3O/c1-4-13-10-14(18(5-2)17-13)9-12(16)11-15(19-3)7-6-8-15/h10,12H,4-9,11,16H2,1-3H3. The number of hydrogen-bond donors (Lipinski definition) is 1. The van der Waals surface area contributed by atoms with Crippen molar-refractivity contribution in [1.82, 2.24) is 9.78 Å². The molecule has 2 N–H and O–H groups in total. The molecule has 0 amide bonds. The zero-order chi connectivity index (χ0) is 13.9. The highest BCUT2D eigenvalue weighted by Crippen LogP contribution is 2.38. The maximum Gasteiger partial charge on any atom is 0.0693 e. The van der Waals surface area contributed by atoms with Gasteiger partial charge < -0.3 is 10.5 Å². The number of aromatic nitrogens is 2. The van der Waals surface area contributed by atoms with Crippen molar-refractivity contribution >= 4 is 0 Å². The van der Waals surface area contributed by atoms with Crippen LogP contribution in [0.2, 0.25) is 0 Å². The molecule has 4 heteroatoms. The molecule has 0 spiro atoms. The third-order valence-corrected chi connectivity index (χ3v) is 4.38. The van der Waals surface area contributed by atoms with Crippen molar-refractivity contribution in [2.45, 2.75) is 70.6 Å². The lowest BCUT2D eigenvalue weighted by atomic mass is 9.75. The van der Waals surface area contributed by atoms with E-state index in [1.807, 2.05) is 7.11 Å². The molecular weight excluding hydrogens is 238 g/mol. The van der Waals surface area contributed by atoms with Crippen molar-refractivity contribution in [3.8, 4) is 0 Å². The summed E-state index contributed by atoms with van der Waals surface area (Å²) < 4.78 is 7.74. The fraction of sp³-hybridized carbons (Fsp3) is 0.800. The molecule has 1 aromatic heterocycles. The molecular formula is C15H27N3O. The average Bonchev–Trinajstić information content (AvgIpc) is 2.76. The number of methoxy groups -OCH3 is 1. The van der Waals surface area contributed by atoms with Gasteiger partial charge in [-0.3, -0.25) is 4.68 Å². The van der Waals surface area contributed by atoms with Gasteiger partial charge >= 0.3 is 0 Å². The summed E-state index contributed by atoms with van der Waals surface area (Å²) in [6.07, 6.45) is 6.42. The van der Waals surface area contributed by atoms with Gasteiger partial charge in [-0.2, -0.15) is 5.10 Å². The SMILES string of the molecule is CCc1cc(CC(N)CC2(OC)CCC2)n(CC)n1. The highest BCUT2D eigenvalue weighted by atomic mass is 16.5.